The summed E-state index contributed by atoms with van der Waals surface area (Å²) in [5, 5.41) is 11.5. The van der Waals surface area contributed by atoms with Crippen molar-refractivity contribution in [2.24, 2.45) is 0 Å². The van der Waals surface area contributed by atoms with Crippen LogP contribution in [0.1, 0.15) is 79.9 Å². The molecule has 0 saturated carbocycles. The van der Waals surface area contributed by atoms with E-state index in [0.29, 0.717) is 55.9 Å². The van der Waals surface area contributed by atoms with Gasteiger partial charge in [0.15, 0.2) is 0 Å². The number of para-hydroxylation sites is 2. The van der Waals surface area contributed by atoms with Crippen LogP contribution in [0, 0.1) is 12.9 Å². The maximum absolute atomic E-state index is 11.5. The zero-order chi connectivity index (χ0) is 55.9. The number of hydrogen-bond acceptors (Lipinski definition) is 3. The van der Waals surface area contributed by atoms with Crippen LogP contribution in [0.2, 0.25) is 0 Å². The van der Waals surface area contributed by atoms with Crippen LogP contribution in [0.5, 0.6) is 5.75 Å². The number of nitrogens with zero attached hydrogens (tertiary/aromatic N) is 3. The van der Waals surface area contributed by atoms with Crippen molar-refractivity contribution < 1.29 is 48.1 Å². The molecule has 0 radical (unpaired) electrons. The first-order chi connectivity index (χ1) is 36.0. The van der Waals surface area contributed by atoms with E-state index in [0.717, 1.165) is 16.7 Å². The van der Waals surface area contributed by atoms with Gasteiger partial charge in [0.2, 0.25) is 0 Å². The van der Waals surface area contributed by atoms with Crippen LogP contribution in [0.25, 0.3) is 83.9 Å². The monoisotopic (exact) mass is 1000 g/mol. The molecular formula is C57H50N3OPt-. The topological polar surface area (TPSA) is 50.9 Å². The number of aryl methyl sites for hydroxylation is 1. The first-order valence-electron chi connectivity index (χ1n) is 27.7. The number of benzene rings is 7. The van der Waals surface area contributed by atoms with Gasteiger partial charge in [-0.05, 0) is 87.5 Å². The van der Waals surface area contributed by atoms with Gasteiger partial charge in [-0.2, -0.15) is 0 Å². The van der Waals surface area contributed by atoms with Crippen LogP contribution < -0.4 is 0 Å². The fourth-order valence-electron chi connectivity index (χ4n) is 7.54. The zero-order valence-electron chi connectivity index (χ0n) is 50.0. The van der Waals surface area contributed by atoms with Gasteiger partial charge in [-0.3, -0.25) is 9.55 Å². The molecule has 0 spiro atoms. The molecule has 0 atom stereocenters. The second-order valence-electron chi connectivity index (χ2n) is 16.0. The normalized spacial score (nSPS) is 16.3. The molecule has 62 heavy (non-hydrogen) atoms. The molecule has 0 bridgehead atoms. The van der Waals surface area contributed by atoms with Gasteiger partial charge in [-0.25, -0.2) is 4.98 Å². The van der Waals surface area contributed by atoms with E-state index in [1.807, 2.05) is 89.5 Å². The number of hydrogen-bond donors (Lipinski definition) is 1. The van der Waals surface area contributed by atoms with Crippen molar-refractivity contribution in [3.63, 3.8) is 0 Å². The van der Waals surface area contributed by atoms with E-state index in [-0.39, 0.29) is 54.6 Å². The molecule has 0 amide bonds. The second-order valence-corrected chi connectivity index (χ2v) is 16.0. The summed E-state index contributed by atoms with van der Waals surface area (Å²) in [5.41, 5.74) is 2.46. The van der Waals surface area contributed by atoms with Crippen LogP contribution in [0.3, 0.4) is 0 Å². The summed E-state index contributed by atoms with van der Waals surface area (Å²) in [7, 11) is 0. The maximum Gasteiger partial charge on any atom is 0.148 e. The van der Waals surface area contributed by atoms with Crippen molar-refractivity contribution in [2.75, 3.05) is 0 Å². The largest absolute Gasteiger partial charge is 0.507 e. The first kappa shape index (κ1) is 26.9. The number of pyridine rings is 1. The fourth-order valence-corrected chi connectivity index (χ4v) is 7.54. The van der Waals surface area contributed by atoms with E-state index in [1.54, 1.807) is 42.5 Å². The maximum atomic E-state index is 11.5. The number of aromatic hydroxyl groups is 1. The number of rotatable bonds is 7. The van der Waals surface area contributed by atoms with Gasteiger partial charge in [-0.15, -0.1) is 23.8 Å². The summed E-state index contributed by atoms with van der Waals surface area (Å²) in [6.45, 7) is -7.60. The summed E-state index contributed by atoms with van der Waals surface area (Å²) in [5.74, 6) is 0.308. The van der Waals surface area contributed by atoms with Crippen molar-refractivity contribution in [1.29, 1.82) is 0 Å². The van der Waals surface area contributed by atoms with Crippen LogP contribution >= 0.6 is 0 Å². The molecule has 5 heteroatoms. The Morgan fingerprint density at radius 1 is 0.597 bits per heavy atom. The van der Waals surface area contributed by atoms with E-state index in [9.17, 15) is 5.11 Å². The quantitative estimate of drug-likeness (QED) is 0.162. The predicted molar refractivity (Wildman–Crippen MR) is 254 cm³/mol. The van der Waals surface area contributed by atoms with E-state index in [2.05, 4.69) is 31.8 Å². The van der Waals surface area contributed by atoms with E-state index in [1.165, 1.54) is 18.3 Å². The van der Waals surface area contributed by atoms with Gasteiger partial charge >= 0.3 is 0 Å². The minimum atomic E-state index is -3.83. The Bertz CT molecular complexity index is 3680. The molecule has 2 heterocycles. The number of phenols is 1. The Balaban J connectivity index is 0.00000803. The van der Waals surface area contributed by atoms with Crippen molar-refractivity contribution in [3.05, 3.63) is 193 Å². The van der Waals surface area contributed by atoms with Crippen LogP contribution in [-0.2, 0) is 31.9 Å². The van der Waals surface area contributed by atoms with Gasteiger partial charge in [0.25, 0.3) is 0 Å². The standard InChI is InChI=1S/C57H50N3O.Pt/c1-37-20-29-51(49(32-37)40-23-27-46(28-24-40)57(5,6)7)60-52-18-13-17-47(54(52)59-55(60)48-16-11-12-19-53(48)61)43-33-42(38-14-9-8-10-15-38)34-44(35-43)50-36-41(30-31-58-50)39-21-25-45(26-22-39)56(2,3)4;/h8-34,36,61H,1-7H3;/q-1;/i1D3,2D3,3D3,4D3,21D,22D,25D,26D;. The average Bonchev–Trinajstić information content (AvgIpc) is 2.52. The molecule has 9 aromatic rings. The number of aromatic nitrogens is 3. The summed E-state index contributed by atoms with van der Waals surface area (Å²) in [6.07, 6.45) is 1.37. The van der Waals surface area contributed by atoms with Crippen LogP contribution in [0.15, 0.2) is 170 Å². The Morgan fingerprint density at radius 2 is 1.32 bits per heavy atom. The Kier molecular flexibility index (Phi) is 7.30. The molecule has 1 N–H and O–H groups in total. The SMILES string of the molecule is [2H]c1c([2H])c(C(C([2H])([2H])[2H])(C([2H])([2H])[2H])C([2H])([2H])[2H])c([2H])c([2H])c1-c1ccnc(-c2[c-]c(-c3cccc4c3nc(-c3ccccc3O)n4-c3ccc(C([2H])([2H])[2H])cc3-c3ccc(C(C)(C)C)cc3)cc(-c3ccccc3)c2)c1.[Pt]. The van der Waals surface area contributed by atoms with E-state index < -0.39 is 62.6 Å². The summed E-state index contributed by atoms with van der Waals surface area (Å²) < 4.78 is 137. The summed E-state index contributed by atoms with van der Waals surface area (Å²) in [6, 6.07) is 41.0. The Morgan fingerprint density at radius 3 is 2.05 bits per heavy atom. The summed E-state index contributed by atoms with van der Waals surface area (Å²) in [4.78, 5) is 9.94. The van der Waals surface area contributed by atoms with Gasteiger partial charge < -0.3 is 5.11 Å². The fraction of sp³-hybridized carbons (Fsp3) is 0.158. The van der Waals surface area contributed by atoms with Crippen molar-refractivity contribution >= 4 is 11.0 Å². The third-order valence-electron chi connectivity index (χ3n) is 10.7. The van der Waals surface area contributed by atoms with Crippen molar-refractivity contribution in [2.45, 2.75) is 59.0 Å². The molecule has 0 unspecified atom stereocenters. The van der Waals surface area contributed by atoms with Crippen molar-refractivity contribution in [1.82, 2.24) is 14.5 Å². The minimum absolute atomic E-state index is 0. The van der Waals surface area contributed by atoms with E-state index >= 15 is 0 Å². The Labute approximate surface area is 402 Å². The summed E-state index contributed by atoms with van der Waals surface area (Å²) >= 11 is 0. The first-order valence-corrected chi connectivity index (χ1v) is 19.7. The molecule has 0 saturated heterocycles. The molecular weight excluding hydrogens is 938 g/mol. The van der Waals surface area contributed by atoms with E-state index in [4.69, 9.17) is 26.9 Å². The number of phenolic OH excluding ortho intramolecular Hbond substituents is 1. The predicted octanol–water partition coefficient (Wildman–Crippen LogP) is 14.8. The molecule has 0 aliphatic carbocycles. The third kappa shape index (κ3) is 8.33. The average molecular weight is 1000 g/mol. The molecule has 9 rings (SSSR count). The van der Waals surface area contributed by atoms with Gasteiger partial charge in [-0.1, -0.05) is 179 Å². The second kappa shape index (κ2) is 16.8. The van der Waals surface area contributed by atoms with Gasteiger partial charge in [0.05, 0.1) is 27.8 Å². The molecule has 0 fully saturated rings. The Hall–Kier alpha value is -6.35. The zero-order valence-corrected chi connectivity index (χ0v) is 36.2. The molecule has 7 aromatic carbocycles. The molecule has 2 aromatic heterocycles. The molecule has 310 valence electrons. The van der Waals surface area contributed by atoms with Gasteiger partial charge in [0.1, 0.15) is 11.6 Å². The van der Waals surface area contributed by atoms with Crippen LogP contribution in [-0.4, -0.2) is 19.6 Å². The number of fused-ring (bicyclic) bond motifs is 1. The molecule has 4 nitrogen and oxygen atoms in total. The van der Waals surface area contributed by atoms with Crippen LogP contribution in [0.4, 0.5) is 0 Å². The number of imidazole rings is 1. The smallest absolute Gasteiger partial charge is 0.148 e. The van der Waals surface area contributed by atoms with Gasteiger partial charge in [0, 0.05) is 55.0 Å². The van der Waals surface area contributed by atoms with Crippen molar-refractivity contribution in [3.8, 4) is 78.6 Å². The minimum Gasteiger partial charge on any atom is -0.507 e. The molecule has 0 aliphatic heterocycles. The molecule has 0 aliphatic rings. The third-order valence-corrected chi connectivity index (χ3v) is 10.7.